The fraction of sp³-hybridized carbons (Fsp3) is 0.966. The average molecular weight is 423 g/mol. The lowest BCUT2D eigenvalue weighted by atomic mass is 9.95. The summed E-state index contributed by atoms with van der Waals surface area (Å²) in [5, 5.41) is 0. The first-order valence-corrected chi connectivity index (χ1v) is 14.1. The van der Waals surface area contributed by atoms with E-state index in [-0.39, 0.29) is 5.92 Å². The van der Waals surface area contributed by atoms with Gasteiger partial charge in [-0.3, -0.25) is 4.79 Å². The third-order valence-corrected chi connectivity index (χ3v) is 7.08. The van der Waals surface area contributed by atoms with Gasteiger partial charge in [0.05, 0.1) is 0 Å². The van der Waals surface area contributed by atoms with E-state index in [1.165, 1.54) is 135 Å². The smallest absolute Gasteiger partial charge is 0.132 e. The number of hydrogen-bond acceptors (Lipinski definition) is 1. The zero-order valence-electron chi connectivity index (χ0n) is 21.6. The highest BCUT2D eigenvalue weighted by Crippen LogP contribution is 2.19. The van der Waals surface area contributed by atoms with Gasteiger partial charge in [0.15, 0.2) is 0 Å². The number of carbonyl (C=O) groups is 1. The quantitative estimate of drug-likeness (QED) is 0.141. The average Bonchev–Trinajstić information content (AvgIpc) is 2.73. The first kappa shape index (κ1) is 29.7. The second kappa shape index (κ2) is 23.3. The number of unbranched alkanes of at least 4 members (excludes halogenated alkanes) is 17. The van der Waals surface area contributed by atoms with Crippen LogP contribution in [0.25, 0.3) is 0 Å². The molecular formula is C29H58O. The van der Waals surface area contributed by atoms with Crippen LogP contribution in [0.15, 0.2) is 0 Å². The molecule has 0 rings (SSSR count). The van der Waals surface area contributed by atoms with Gasteiger partial charge >= 0.3 is 0 Å². The van der Waals surface area contributed by atoms with Crippen LogP contribution < -0.4 is 0 Å². The minimum absolute atomic E-state index is 0.273. The highest BCUT2D eigenvalue weighted by molar-refractivity contribution is 5.77. The summed E-state index contributed by atoms with van der Waals surface area (Å²) in [6.07, 6.45) is 31.0. The molecule has 0 fully saturated rings. The van der Waals surface area contributed by atoms with Crippen LogP contribution in [-0.2, 0) is 4.79 Å². The molecule has 0 aliphatic carbocycles. The summed E-state index contributed by atoms with van der Waals surface area (Å²) in [6, 6.07) is 0. The highest BCUT2D eigenvalue weighted by Gasteiger charge is 2.06. The summed E-state index contributed by atoms with van der Waals surface area (Å²) in [7, 11) is 0. The van der Waals surface area contributed by atoms with Crippen LogP contribution in [0.5, 0.6) is 0 Å². The normalized spacial score (nSPS) is 13.5. The van der Waals surface area contributed by atoms with Gasteiger partial charge in [-0.15, -0.1) is 0 Å². The molecule has 0 radical (unpaired) electrons. The largest absolute Gasteiger partial charge is 0.300 e. The maximum absolute atomic E-state index is 11.2. The lowest BCUT2D eigenvalue weighted by Gasteiger charge is -2.11. The van der Waals surface area contributed by atoms with E-state index in [9.17, 15) is 4.79 Å². The van der Waals surface area contributed by atoms with Crippen LogP contribution in [0.1, 0.15) is 169 Å². The fourth-order valence-electron chi connectivity index (χ4n) is 4.51. The Hall–Kier alpha value is -0.330. The Bertz CT molecular complexity index is 348. The minimum atomic E-state index is 0.273. The van der Waals surface area contributed by atoms with E-state index in [4.69, 9.17) is 0 Å². The van der Waals surface area contributed by atoms with Gasteiger partial charge in [-0.2, -0.15) is 0 Å². The Labute approximate surface area is 191 Å². The van der Waals surface area contributed by atoms with Crippen LogP contribution in [0.4, 0.5) is 0 Å². The predicted molar refractivity (Wildman–Crippen MR) is 136 cm³/mol. The molecule has 0 bridgehead atoms. The van der Waals surface area contributed by atoms with E-state index < -0.39 is 0 Å². The lowest BCUT2D eigenvalue weighted by Crippen LogP contribution is -2.05. The van der Waals surface area contributed by atoms with E-state index in [1.54, 1.807) is 6.92 Å². The topological polar surface area (TPSA) is 17.1 Å². The van der Waals surface area contributed by atoms with Crippen LogP contribution in [-0.4, -0.2) is 5.78 Å². The summed E-state index contributed by atoms with van der Waals surface area (Å²) in [6.45, 7) is 8.55. The van der Waals surface area contributed by atoms with E-state index in [0.717, 1.165) is 12.3 Å². The van der Waals surface area contributed by atoms with Gasteiger partial charge in [0.25, 0.3) is 0 Å². The van der Waals surface area contributed by atoms with Crippen molar-refractivity contribution in [2.75, 3.05) is 0 Å². The molecule has 0 amide bonds. The van der Waals surface area contributed by atoms with Gasteiger partial charge in [0.1, 0.15) is 5.78 Å². The second-order valence-corrected chi connectivity index (χ2v) is 10.3. The Morgan fingerprint density at radius 2 is 0.800 bits per heavy atom. The molecule has 0 aromatic heterocycles. The van der Waals surface area contributed by atoms with Crippen molar-refractivity contribution in [2.45, 2.75) is 169 Å². The minimum Gasteiger partial charge on any atom is -0.300 e. The van der Waals surface area contributed by atoms with Gasteiger partial charge in [0.2, 0.25) is 0 Å². The van der Waals surface area contributed by atoms with Gasteiger partial charge in [-0.05, 0) is 19.3 Å². The van der Waals surface area contributed by atoms with E-state index >= 15 is 0 Å². The van der Waals surface area contributed by atoms with Gasteiger partial charge in [-0.25, -0.2) is 0 Å². The van der Waals surface area contributed by atoms with Crippen molar-refractivity contribution >= 4 is 5.78 Å². The molecule has 0 aromatic rings. The van der Waals surface area contributed by atoms with Crippen LogP contribution in [0, 0.1) is 11.8 Å². The van der Waals surface area contributed by atoms with Gasteiger partial charge in [0, 0.05) is 5.92 Å². The zero-order valence-corrected chi connectivity index (χ0v) is 21.6. The number of ketones is 1. The summed E-state index contributed by atoms with van der Waals surface area (Å²) in [5.74, 6) is 1.54. The molecule has 0 saturated heterocycles. The molecule has 1 nitrogen and oxygen atoms in total. The molecule has 0 saturated carbocycles. The highest BCUT2D eigenvalue weighted by atomic mass is 16.1. The fourth-order valence-corrected chi connectivity index (χ4v) is 4.51. The molecular weight excluding hydrogens is 364 g/mol. The molecule has 1 heteroatoms. The van der Waals surface area contributed by atoms with E-state index in [2.05, 4.69) is 20.8 Å². The summed E-state index contributed by atoms with van der Waals surface area (Å²) < 4.78 is 0. The second-order valence-electron chi connectivity index (χ2n) is 10.3. The van der Waals surface area contributed by atoms with Crippen molar-refractivity contribution in [3.8, 4) is 0 Å². The van der Waals surface area contributed by atoms with Crippen molar-refractivity contribution in [1.82, 2.24) is 0 Å². The molecule has 1 unspecified atom stereocenters. The van der Waals surface area contributed by atoms with Crippen molar-refractivity contribution < 1.29 is 4.79 Å². The molecule has 0 aliphatic heterocycles. The molecule has 0 aliphatic rings. The van der Waals surface area contributed by atoms with E-state index in [1.807, 2.05) is 0 Å². The van der Waals surface area contributed by atoms with Crippen LogP contribution in [0.3, 0.4) is 0 Å². The Morgan fingerprint density at radius 3 is 1.13 bits per heavy atom. The molecule has 0 aromatic carbocycles. The molecule has 2 atom stereocenters. The van der Waals surface area contributed by atoms with Crippen molar-refractivity contribution in [3.05, 3.63) is 0 Å². The Morgan fingerprint density at radius 1 is 0.500 bits per heavy atom. The Kier molecular flexibility index (Phi) is 23.1. The summed E-state index contributed by atoms with van der Waals surface area (Å²) in [5.41, 5.74) is 0. The maximum atomic E-state index is 11.2. The first-order valence-electron chi connectivity index (χ1n) is 14.1. The molecule has 0 spiro atoms. The Balaban J connectivity index is 3.20. The summed E-state index contributed by atoms with van der Waals surface area (Å²) >= 11 is 0. The predicted octanol–water partition coefficient (Wildman–Crippen LogP) is 10.4. The third kappa shape index (κ3) is 22.4. The van der Waals surface area contributed by atoms with Crippen molar-refractivity contribution in [1.29, 1.82) is 0 Å². The van der Waals surface area contributed by atoms with Crippen molar-refractivity contribution in [2.24, 2.45) is 11.8 Å². The van der Waals surface area contributed by atoms with Crippen LogP contribution in [0.2, 0.25) is 0 Å². The monoisotopic (exact) mass is 422 g/mol. The standard InChI is InChI=1S/C29H58O/c1-5-6-7-8-9-10-11-12-13-14-15-16-18-21-24-27(2)25-22-19-17-20-23-26-28(3)29(4)30/h27-28H,5-26H2,1-4H3/t27?,28-/m0/s1. The van der Waals surface area contributed by atoms with Crippen LogP contribution >= 0.6 is 0 Å². The van der Waals surface area contributed by atoms with Gasteiger partial charge < -0.3 is 0 Å². The first-order chi connectivity index (χ1) is 14.6. The maximum Gasteiger partial charge on any atom is 0.132 e. The molecule has 0 N–H and O–H groups in total. The van der Waals surface area contributed by atoms with Crippen molar-refractivity contribution in [3.63, 3.8) is 0 Å². The number of hydrogen-bond donors (Lipinski definition) is 0. The number of carbonyl (C=O) groups excluding carboxylic acids is 1. The third-order valence-electron chi connectivity index (χ3n) is 7.08. The number of Topliss-reactive ketones (excluding diaryl/α,β-unsaturated/α-hetero) is 1. The van der Waals surface area contributed by atoms with Gasteiger partial charge in [-0.1, -0.05) is 156 Å². The molecule has 180 valence electrons. The molecule has 30 heavy (non-hydrogen) atoms. The zero-order chi connectivity index (χ0) is 22.3. The lowest BCUT2D eigenvalue weighted by molar-refractivity contribution is -0.120. The van der Waals surface area contributed by atoms with E-state index in [0.29, 0.717) is 5.78 Å². The molecule has 0 heterocycles. The number of rotatable bonds is 24. The SMILES string of the molecule is CCCCCCCCCCCCCCCCC(C)CCCCCCC[C@H](C)C(C)=O. The summed E-state index contributed by atoms with van der Waals surface area (Å²) in [4.78, 5) is 11.2.